The standard InChI is InChI=1S/C21H27F3N2O5/c22-21(23,24)14-31-20(28)26-9-7-16(8-10-26)19(27)25-12-15-3-5-17(6-4-15)30-13-18-2-1-11-29-18/h3-6,16,18H,1-2,7-14H2,(H,25,27). The molecule has 2 aliphatic heterocycles. The third-order valence-corrected chi connectivity index (χ3v) is 5.33. The third-order valence-electron chi connectivity index (χ3n) is 5.33. The molecule has 1 aromatic rings. The number of hydrogen-bond donors (Lipinski definition) is 1. The van der Waals surface area contributed by atoms with Gasteiger partial charge in [-0.2, -0.15) is 13.2 Å². The van der Waals surface area contributed by atoms with Crippen molar-refractivity contribution >= 4 is 12.0 Å². The van der Waals surface area contributed by atoms with Crippen LogP contribution in [0.5, 0.6) is 5.75 Å². The molecular weight excluding hydrogens is 417 g/mol. The Bertz CT molecular complexity index is 728. The first kappa shape index (κ1) is 23.2. The van der Waals surface area contributed by atoms with E-state index >= 15 is 0 Å². The number of halogens is 3. The van der Waals surface area contributed by atoms with Gasteiger partial charge in [-0.25, -0.2) is 4.79 Å². The molecule has 1 aromatic carbocycles. The van der Waals surface area contributed by atoms with Gasteiger partial charge in [-0.1, -0.05) is 12.1 Å². The molecule has 10 heteroatoms. The molecule has 2 fully saturated rings. The predicted octanol–water partition coefficient (Wildman–Crippen LogP) is 3.27. The largest absolute Gasteiger partial charge is 0.491 e. The van der Waals surface area contributed by atoms with E-state index in [0.717, 1.165) is 30.8 Å². The third kappa shape index (κ3) is 7.61. The van der Waals surface area contributed by atoms with E-state index in [1.807, 2.05) is 24.3 Å². The van der Waals surface area contributed by atoms with Crippen LogP contribution in [-0.4, -0.2) is 62.1 Å². The monoisotopic (exact) mass is 444 g/mol. The van der Waals surface area contributed by atoms with Crippen molar-refractivity contribution in [3.8, 4) is 5.75 Å². The highest BCUT2D eigenvalue weighted by atomic mass is 19.4. The van der Waals surface area contributed by atoms with Crippen LogP contribution < -0.4 is 10.1 Å². The summed E-state index contributed by atoms with van der Waals surface area (Å²) in [5, 5.41) is 2.87. The molecule has 31 heavy (non-hydrogen) atoms. The molecule has 2 heterocycles. The van der Waals surface area contributed by atoms with Crippen LogP contribution in [0, 0.1) is 5.92 Å². The Morgan fingerprint density at radius 2 is 1.84 bits per heavy atom. The van der Waals surface area contributed by atoms with E-state index in [1.165, 1.54) is 4.90 Å². The van der Waals surface area contributed by atoms with Gasteiger partial charge >= 0.3 is 12.3 Å². The number of alkyl halides is 3. The first-order valence-electron chi connectivity index (χ1n) is 10.4. The van der Waals surface area contributed by atoms with Gasteiger partial charge in [0.25, 0.3) is 0 Å². The van der Waals surface area contributed by atoms with Gasteiger partial charge in [0.2, 0.25) is 5.91 Å². The molecule has 0 aliphatic carbocycles. The highest BCUT2D eigenvalue weighted by Crippen LogP contribution is 2.21. The molecule has 7 nitrogen and oxygen atoms in total. The predicted molar refractivity (Wildman–Crippen MR) is 104 cm³/mol. The fraction of sp³-hybridized carbons (Fsp3) is 0.619. The van der Waals surface area contributed by atoms with Crippen molar-refractivity contribution in [1.29, 1.82) is 0 Å². The lowest BCUT2D eigenvalue weighted by molar-refractivity contribution is -0.162. The van der Waals surface area contributed by atoms with E-state index in [1.54, 1.807) is 0 Å². The molecule has 0 aromatic heterocycles. The fourth-order valence-electron chi connectivity index (χ4n) is 3.56. The summed E-state index contributed by atoms with van der Waals surface area (Å²) in [4.78, 5) is 25.3. The lowest BCUT2D eigenvalue weighted by Crippen LogP contribution is -2.43. The van der Waals surface area contributed by atoms with Gasteiger partial charge < -0.3 is 24.4 Å². The molecule has 172 valence electrons. The average Bonchev–Trinajstić information content (AvgIpc) is 3.28. The number of carbonyl (C=O) groups excluding carboxylic acids is 2. The van der Waals surface area contributed by atoms with E-state index in [9.17, 15) is 22.8 Å². The molecular formula is C21H27F3N2O5. The Hall–Kier alpha value is -2.49. The zero-order valence-electron chi connectivity index (χ0n) is 17.2. The van der Waals surface area contributed by atoms with E-state index in [2.05, 4.69) is 10.1 Å². The Balaban J connectivity index is 1.35. The normalized spacial score (nSPS) is 19.8. The summed E-state index contributed by atoms with van der Waals surface area (Å²) < 4.78 is 51.9. The first-order chi connectivity index (χ1) is 14.8. The zero-order valence-corrected chi connectivity index (χ0v) is 17.2. The minimum absolute atomic E-state index is 0.137. The second-order valence-electron chi connectivity index (χ2n) is 7.74. The number of nitrogens with one attached hydrogen (secondary N) is 1. The summed E-state index contributed by atoms with van der Waals surface area (Å²) in [5.74, 6) is 0.318. The highest BCUT2D eigenvalue weighted by Gasteiger charge is 2.32. The van der Waals surface area contributed by atoms with Gasteiger partial charge in [0, 0.05) is 32.2 Å². The van der Waals surface area contributed by atoms with Crippen molar-refractivity contribution < 1.29 is 37.0 Å². The Kier molecular flexibility index (Phi) is 8.00. The highest BCUT2D eigenvalue weighted by molar-refractivity contribution is 5.79. The molecule has 2 amide bonds. The number of rotatable bonds is 7. The minimum Gasteiger partial charge on any atom is -0.491 e. The van der Waals surface area contributed by atoms with Crippen molar-refractivity contribution in [3.05, 3.63) is 29.8 Å². The quantitative estimate of drug-likeness (QED) is 0.699. The molecule has 3 rings (SSSR count). The minimum atomic E-state index is -4.55. The second kappa shape index (κ2) is 10.7. The Labute approximate surface area is 178 Å². The molecule has 2 aliphatic rings. The van der Waals surface area contributed by atoms with Gasteiger partial charge in [-0.05, 0) is 43.4 Å². The SMILES string of the molecule is O=C(NCc1ccc(OCC2CCCO2)cc1)C1CCN(C(=O)OCC(F)(F)F)CC1. The number of hydrogen-bond acceptors (Lipinski definition) is 5. The number of likely N-dealkylation sites (tertiary alicyclic amines) is 1. The van der Waals surface area contributed by atoms with Crippen LogP contribution in [0.1, 0.15) is 31.2 Å². The number of ether oxygens (including phenoxy) is 3. The molecule has 0 bridgehead atoms. The number of amides is 2. The van der Waals surface area contributed by atoms with Gasteiger partial charge in [-0.3, -0.25) is 4.79 Å². The summed E-state index contributed by atoms with van der Waals surface area (Å²) in [6.07, 6.45) is -2.57. The maximum atomic E-state index is 12.4. The lowest BCUT2D eigenvalue weighted by Gasteiger charge is -2.30. The molecule has 1 unspecified atom stereocenters. The van der Waals surface area contributed by atoms with E-state index in [4.69, 9.17) is 9.47 Å². The molecule has 0 radical (unpaired) electrons. The van der Waals surface area contributed by atoms with Gasteiger partial charge in [0.1, 0.15) is 12.4 Å². The molecule has 0 saturated carbocycles. The molecule has 0 spiro atoms. The average molecular weight is 444 g/mol. The van der Waals surface area contributed by atoms with Gasteiger partial charge in [0.05, 0.1) is 6.10 Å². The lowest BCUT2D eigenvalue weighted by atomic mass is 9.96. The van der Waals surface area contributed by atoms with E-state index in [0.29, 0.717) is 26.0 Å². The van der Waals surface area contributed by atoms with Crippen molar-refractivity contribution in [1.82, 2.24) is 10.2 Å². The number of carbonyl (C=O) groups is 2. The fourth-order valence-corrected chi connectivity index (χ4v) is 3.56. The number of piperidine rings is 1. The summed E-state index contributed by atoms with van der Waals surface area (Å²) in [6.45, 7) is 0.437. The molecule has 1 N–H and O–H groups in total. The van der Waals surface area contributed by atoms with Crippen molar-refractivity contribution in [2.24, 2.45) is 5.92 Å². The van der Waals surface area contributed by atoms with E-state index < -0.39 is 18.9 Å². The second-order valence-corrected chi connectivity index (χ2v) is 7.74. The van der Waals surface area contributed by atoms with Crippen molar-refractivity contribution in [3.63, 3.8) is 0 Å². The van der Waals surface area contributed by atoms with Gasteiger partial charge in [0.15, 0.2) is 6.61 Å². The smallest absolute Gasteiger partial charge is 0.422 e. The molecule has 1 atom stereocenters. The van der Waals surface area contributed by atoms with Crippen molar-refractivity contribution in [2.45, 2.75) is 44.5 Å². The molecule has 2 saturated heterocycles. The van der Waals surface area contributed by atoms with Crippen LogP contribution in [0.3, 0.4) is 0 Å². The van der Waals surface area contributed by atoms with E-state index in [-0.39, 0.29) is 31.0 Å². The number of benzene rings is 1. The van der Waals surface area contributed by atoms with Crippen LogP contribution in [-0.2, 0) is 20.8 Å². The Morgan fingerprint density at radius 1 is 1.13 bits per heavy atom. The topological polar surface area (TPSA) is 77.1 Å². The van der Waals surface area contributed by atoms with Crippen LogP contribution in [0.4, 0.5) is 18.0 Å². The maximum absolute atomic E-state index is 12.4. The van der Waals surface area contributed by atoms with Crippen LogP contribution >= 0.6 is 0 Å². The maximum Gasteiger partial charge on any atom is 0.422 e. The summed E-state index contributed by atoms with van der Waals surface area (Å²) in [7, 11) is 0. The van der Waals surface area contributed by atoms with Crippen LogP contribution in [0.2, 0.25) is 0 Å². The van der Waals surface area contributed by atoms with Crippen LogP contribution in [0.15, 0.2) is 24.3 Å². The zero-order chi connectivity index (χ0) is 22.3. The first-order valence-corrected chi connectivity index (χ1v) is 10.4. The van der Waals surface area contributed by atoms with Crippen LogP contribution in [0.25, 0.3) is 0 Å². The van der Waals surface area contributed by atoms with Crippen molar-refractivity contribution in [2.75, 3.05) is 32.9 Å². The summed E-state index contributed by atoms with van der Waals surface area (Å²) in [5.41, 5.74) is 0.922. The van der Waals surface area contributed by atoms with Gasteiger partial charge in [-0.15, -0.1) is 0 Å². The summed E-state index contributed by atoms with van der Waals surface area (Å²) in [6, 6.07) is 7.46. The Morgan fingerprint density at radius 3 is 2.45 bits per heavy atom. The summed E-state index contributed by atoms with van der Waals surface area (Å²) >= 11 is 0. The number of nitrogens with zero attached hydrogens (tertiary/aromatic N) is 1.